The van der Waals surface area contributed by atoms with Crippen LogP contribution in [0, 0.1) is 17.8 Å². The quantitative estimate of drug-likeness (QED) is 0.682. The van der Waals surface area contributed by atoms with Crippen molar-refractivity contribution in [3.8, 4) is 0 Å². The molecule has 7 atom stereocenters. The Morgan fingerprint density at radius 1 is 1.39 bits per heavy atom. The summed E-state index contributed by atoms with van der Waals surface area (Å²) in [5, 5.41) is 20.9. The van der Waals surface area contributed by atoms with Crippen LogP contribution in [0.1, 0.15) is 40.0 Å². The number of fused-ring (bicyclic) bond motifs is 3. The van der Waals surface area contributed by atoms with Gasteiger partial charge in [0.25, 0.3) is 0 Å². The molecule has 0 aromatic heterocycles. The van der Waals surface area contributed by atoms with Crippen LogP contribution >= 0.6 is 0 Å². The zero-order valence-corrected chi connectivity index (χ0v) is 11.2. The highest BCUT2D eigenvalue weighted by Crippen LogP contribution is 2.60. The van der Waals surface area contributed by atoms with Gasteiger partial charge in [-0.25, -0.2) is 0 Å². The first-order chi connectivity index (χ1) is 8.30. The average molecular weight is 254 g/mol. The van der Waals surface area contributed by atoms with E-state index in [1.54, 1.807) is 6.92 Å². The Labute approximate surface area is 107 Å². The van der Waals surface area contributed by atoms with Gasteiger partial charge < -0.3 is 14.9 Å². The molecule has 2 aliphatic carbocycles. The summed E-state index contributed by atoms with van der Waals surface area (Å²) in [6, 6.07) is 0. The first-order valence-corrected chi connectivity index (χ1v) is 6.90. The number of aliphatic hydroxyl groups is 2. The van der Waals surface area contributed by atoms with Crippen LogP contribution in [-0.2, 0) is 9.53 Å². The van der Waals surface area contributed by atoms with Gasteiger partial charge in [0, 0.05) is 6.42 Å². The van der Waals surface area contributed by atoms with Gasteiger partial charge in [-0.1, -0.05) is 6.92 Å². The summed E-state index contributed by atoms with van der Waals surface area (Å²) in [4.78, 5) is 11.8. The summed E-state index contributed by atoms with van der Waals surface area (Å²) in [5.74, 6) is 0.664. The molecule has 0 aromatic carbocycles. The standard InChI is InChI=1S/C14H22O4/c1-7-4-5-9-11(7)12-14(18-12,8(2)15)6-10(16)13(9,3)17/h7,9-12,16-17H,4-6H2,1-3H3/t7-,9-,10+,11-,12+,13-,14+/m1/s1. The number of rotatable bonds is 1. The number of epoxide rings is 1. The van der Waals surface area contributed by atoms with Gasteiger partial charge in [0.1, 0.15) is 0 Å². The van der Waals surface area contributed by atoms with Crippen LogP contribution in [0.25, 0.3) is 0 Å². The van der Waals surface area contributed by atoms with Crippen LogP contribution in [0.4, 0.5) is 0 Å². The van der Waals surface area contributed by atoms with Crippen LogP contribution in [0.5, 0.6) is 0 Å². The molecule has 0 amide bonds. The molecule has 3 fully saturated rings. The molecule has 1 aliphatic heterocycles. The Hall–Kier alpha value is -0.450. The smallest absolute Gasteiger partial charge is 0.164 e. The van der Waals surface area contributed by atoms with Gasteiger partial charge in [-0.05, 0) is 44.4 Å². The largest absolute Gasteiger partial charge is 0.390 e. The van der Waals surface area contributed by atoms with Gasteiger partial charge in [0.05, 0.1) is 17.8 Å². The molecule has 1 heterocycles. The summed E-state index contributed by atoms with van der Waals surface area (Å²) in [7, 11) is 0. The molecule has 0 aromatic rings. The second-order valence-electron chi connectivity index (χ2n) is 6.67. The minimum absolute atomic E-state index is 0.0119. The summed E-state index contributed by atoms with van der Waals surface area (Å²) in [5.41, 5.74) is -1.92. The van der Waals surface area contributed by atoms with Crippen LogP contribution < -0.4 is 0 Å². The lowest BCUT2D eigenvalue weighted by molar-refractivity contribution is -0.132. The third-order valence-corrected chi connectivity index (χ3v) is 5.66. The van der Waals surface area contributed by atoms with Gasteiger partial charge in [0.15, 0.2) is 11.4 Å². The highest BCUT2D eigenvalue weighted by atomic mass is 16.6. The van der Waals surface area contributed by atoms with Crippen molar-refractivity contribution in [3.05, 3.63) is 0 Å². The molecule has 4 heteroatoms. The van der Waals surface area contributed by atoms with Gasteiger partial charge in [-0.15, -0.1) is 0 Å². The van der Waals surface area contributed by atoms with Gasteiger partial charge in [0.2, 0.25) is 0 Å². The molecule has 0 spiro atoms. The topological polar surface area (TPSA) is 70.1 Å². The normalized spacial score (nSPS) is 58.6. The maximum atomic E-state index is 11.8. The summed E-state index contributed by atoms with van der Waals surface area (Å²) >= 11 is 0. The predicted octanol–water partition coefficient (Wildman–Crippen LogP) is 0.891. The predicted molar refractivity (Wildman–Crippen MR) is 64.9 cm³/mol. The molecular formula is C14H22O4. The van der Waals surface area contributed by atoms with E-state index in [-0.39, 0.29) is 30.1 Å². The van der Waals surface area contributed by atoms with E-state index >= 15 is 0 Å². The highest BCUT2D eigenvalue weighted by molar-refractivity contribution is 5.88. The van der Waals surface area contributed by atoms with Crippen molar-refractivity contribution in [1.29, 1.82) is 0 Å². The van der Waals surface area contributed by atoms with Crippen LogP contribution in [0.2, 0.25) is 0 Å². The fourth-order valence-electron chi connectivity index (χ4n) is 4.33. The molecule has 18 heavy (non-hydrogen) atoms. The third-order valence-electron chi connectivity index (χ3n) is 5.66. The van der Waals surface area contributed by atoms with Crippen LogP contribution in [0.3, 0.4) is 0 Å². The summed E-state index contributed by atoms with van der Waals surface area (Å²) in [6.07, 6.45) is 1.20. The number of ether oxygens (including phenoxy) is 1. The molecular weight excluding hydrogens is 232 g/mol. The van der Waals surface area contributed by atoms with E-state index in [1.807, 2.05) is 0 Å². The molecule has 0 bridgehead atoms. The zero-order valence-electron chi connectivity index (χ0n) is 11.2. The second-order valence-corrected chi connectivity index (χ2v) is 6.67. The van der Waals surface area contributed by atoms with Crippen LogP contribution in [0.15, 0.2) is 0 Å². The van der Waals surface area contributed by atoms with E-state index in [1.165, 1.54) is 6.92 Å². The number of aliphatic hydroxyl groups excluding tert-OH is 1. The summed E-state index contributed by atoms with van der Waals surface area (Å²) in [6.45, 7) is 5.40. The number of hydrogen-bond donors (Lipinski definition) is 2. The molecule has 102 valence electrons. The molecule has 2 saturated carbocycles. The Balaban J connectivity index is 2.01. The zero-order chi connectivity index (χ0) is 13.3. The SMILES string of the molecule is CC(=O)[C@@]12C[C@H](O)[C@](C)(O)[C@@H]3CC[C@@H](C)[C@H]3[C@@H]1O2. The van der Waals surface area contributed by atoms with E-state index in [0.29, 0.717) is 5.92 Å². The van der Waals surface area contributed by atoms with Gasteiger partial charge >= 0.3 is 0 Å². The van der Waals surface area contributed by atoms with Crippen molar-refractivity contribution >= 4 is 5.78 Å². The number of ketones is 1. The molecule has 0 unspecified atom stereocenters. The molecule has 4 nitrogen and oxygen atoms in total. The molecule has 0 radical (unpaired) electrons. The second kappa shape index (κ2) is 3.56. The van der Waals surface area contributed by atoms with E-state index in [9.17, 15) is 15.0 Å². The fraction of sp³-hybridized carbons (Fsp3) is 0.929. The Morgan fingerprint density at radius 2 is 2.06 bits per heavy atom. The van der Waals surface area contributed by atoms with Crippen molar-refractivity contribution in [3.63, 3.8) is 0 Å². The maximum absolute atomic E-state index is 11.8. The number of carbonyl (C=O) groups excluding carboxylic acids is 1. The lowest BCUT2D eigenvalue weighted by Gasteiger charge is -2.36. The molecule has 1 saturated heterocycles. The fourth-order valence-corrected chi connectivity index (χ4v) is 4.33. The van der Waals surface area contributed by atoms with Gasteiger partial charge in [-0.2, -0.15) is 0 Å². The minimum atomic E-state index is -1.10. The molecule has 2 N–H and O–H groups in total. The first-order valence-electron chi connectivity index (χ1n) is 6.90. The molecule has 3 aliphatic rings. The highest BCUT2D eigenvalue weighted by Gasteiger charge is 2.71. The van der Waals surface area contributed by atoms with E-state index in [0.717, 1.165) is 12.8 Å². The summed E-state index contributed by atoms with van der Waals surface area (Å²) < 4.78 is 5.73. The number of Topliss-reactive ketones (excluding diaryl/α,β-unsaturated/α-hetero) is 1. The van der Waals surface area contributed by atoms with Gasteiger partial charge in [-0.3, -0.25) is 4.79 Å². The first kappa shape index (κ1) is 12.6. The van der Waals surface area contributed by atoms with Crippen molar-refractivity contribution in [2.45, 2.75) is 63.4 Å². The third kappa shape index (κ3) is 1.40. The average Bonchev–Trinajstić information content (AvgIpc) is 2.86. The van der Waals surface area contributed by atoms with Crippen molar-refractivity contribution in [2.24, 2.45) is 17.8 Å². The number of hydrogen-bond acceptors (Lipinski definition) is 4. The Morgan fingerprint density at radius 3 is 2.67 bits per heavy atom. The maximum Gasteiger partial charge on any atom is 0.164 e. The molecule has 3 rings (SSSR count). The number of carbonyl (C=O) groups is 1. The lowest BCUT2D eigenvalue weighted by atomic mass is 9.76. The van der Waals surface area contributed by atoms with Crippen molar-refractivity contribution in [2.75, 3.05) is 0 Å². The Bertz CT molecular complexity index is 391. The van der Waals surface area contributed by atoms with E-state index in [4.69, 9.17) is 4.74 Å². The Kier molecular flexibility index (Phi) is 2.48. The van der Waals surface area contributed by atoms with E-state index < -0.39 is 17.3 Å². The monoisotopic (exact) mass is 254 g/mol. The van der Waals surface area contributed by atoms with Crippen molar-refractivity contribution < 1.29 is 19.7 Å². The van der Waals surface area contributed by atoms with Crippen molar-refractivity contribution in [1.82, 2.24) is 0 Å². The van der Waals surface area contributed by atoms with E-state index in [2.05, 4.69) is 6.92 Å². The minimum Gasteiger partial charge on any atom is -0.390 e. The van der Waals surface area contributed by atoms with Crippen LogP contribution in [-0.4, -0.2) is 39.4 Å². The lowest BCUT2D eigenvalue weighted by Crippen LogP contribution is -2.48.